The standard InChI is InChI=1S/C9H9Cl2NO.ClH/c1-6-2-3-7(11)4-8(6)12-9(13)5-10;/h2-4H,5H2,1H3,(H,12,13);1H. The molecular weight excluding hydrogens is 244 g/mol. The Kier molecular flexibility index (Phi) is 5.93. The van der Waals surface area contributed by atoms with Crippen LogP contribution in [0, 0.1) is 6.92 Å². The lowest BCUT2D eigenvalue weighted by atomic mass is 10.2. The number of aryl methyl sites for hydroxylation is 1. The monoisotopic (exact) mass is 253 g/mol. The van der Waals surface area contributed by atoms with Gasteiger partial charge in [-0.25, -0.2) is 0 Å². The van der Waals surface area contributed by atoms with Crippen molar-refractivity contribution >= 4 is 47.2 Å². The van der Waals surface area contributed by atoms with Crippen molar-refractivity contribution in [3.8, 4) is 0 Å². The van der Waals surface area contributed by atoms with Crippen LogP contribution < -0.4 is 5.32 Å². The zero-order valence-corrected chi connectivity index (χ0v) is 9.84. The second-order valence-corrected chi connectivity index (χ2v) is 3.34. The predicted octanol–water partition coefficient (Wildman–Crippen LogP) is 3.25. The van der Waals surface area contributed by atoms with Crippen molar-refractivity contribution in [2.75, 3.05) is 11.2 Å². The van der Waals surface area contributed by atoms with Gasteiger partial charge in [0.15, 0.2) is 0 Å². The van der Waals surface area contributed by atoms with E-state index in [-0.39, 0.29) is 24.2 Å². The highest BCUT2D eigenvalue weighted by atomic mass is 35.5. The number of benzene rings is 1. The van der Waals surface area contributed by atoms with Crippen LogP contribution in [0.4, 0.5) is 5.69 Å². The van der Waals surface area contributed by atoms with Gasteiger partial charge in [0.1, 0.15) is 5.88 Å². The summed E-state index contributed by atoms with van der Waals surface area (Å²) < 4.78 is 0. The van der Waals surface area contributed by atoms with Gasteiger partial charge in [0.2, 0.25) is 5.91 Å². The first-order chi connectivity index (χ1) is 6.13. The van der Waals surface area contributed by atoms with Crippen molar-refractivity contribution in [3.05, 3.63) is 28.8 Å². The first kappa shape index (κ1) is 13.6. The molecule has 5 heteroatoms. The van der Waals surface area contributed by atoms with Crippen molar-refractivity contribution in [2.45, 2.75) is 6.92 Å². The Hall–Kier alpha value is -0.440. The zero-order chi connectivity index (χ0) is 9.84. The molecule has 0 bridgehead atoms. The summed E-state index contributed by atoms with van der Waals surface area (Å²) in [5, 5.41) is 3.24. The Morgan fingerprint density at radius 1 is 1.50 bits per heavy atom. The van der Waals surface area contributed by atoms with E-state index >= 15 is 0 Å². The lowest BCUT2D eigenvalue weighted by molar-refractivity contribution is -0.113. The summed E-state index contributed by atoms with van der Waals surface area (Å²) in [6.45, 7) is 1.89. The molecule has 0 fully saturated rings. The molecule has 2 nitrogen and oxygen atoms in total. The van der Waals surface area contributed by atoms with Gasteiger partial charge in [-0.15, -0.1) is 24.0 Å². The third-order valence-electron chi connectivity index (χ3n) is 1.60. The Labute approximate surface area is 99.0 Å². The van der Waals surface area contributed by atoms with Gasteiger partial charge >= 0.3 is 0 Å². The highest BCUT2D eigenvalue weighted by molar-refractivity contribution is 6.31. The van der Waals surface area contributed by atoms with E-state index in [0.29, 0.717) is 10.7 Å². The topological polar surface area (TPSA) is 29.1 Å². The van der Waals surface area contributed by atoms with Gasteiger partial charge in [-0.1, -0.05) is 17.7 Å². The molecule has 0 saturated heterocycles. The Bertz CT molecular complexity index is 328. The smallest absolute Gasteiger partial charge is 0.239 e. The number of hydrogen-bond acceptors (Lipinski definition) is 1. The van der Waals surface area contributed by atoms with Gasteiger partial charge in [0.25, 0.3) is 0 Å². The van der Waals surface area contributed by atoms with Crippen LogP contribution in [0.5, 0.6) is 0 Å². The fourth-order valence-electron chi connectivity index (χ4n) is 0.913. The van der Waals surface area contributed by atoms with Crippen molar-refractivity contribution in [1.82, 2.24) is 0 Å². The molecule has 1 aromatic carbocycles. The van der Waals surface area contributed by atoms with Crippen LogP contribution in [0.2, 0.25) is 5.02 Å². The zero-order valence-electron chi connectivity index (χ0n) is 7.51. The van der Waals surface area contributed by atoms with Gasteiger partial charge in [-0.3, -0.25) is 4.79 Å². The number of amides is 1. The van der Waals surface area contributed by atoms with Gasteiger partial charge in [-0.05, 0) is 24.6 Å². The molecule has 1 N–H and O–H groups in total. The molecule has 0 aliphatic heterocycles. The molecule has 0 atom stereocenters. The predicted molar refractivity (Wildman–Crippen MR) is 62.8 cm³/mol. The number of hydrogen-bond donors (Lipinski definition) is 1. The fourth-order valence-corrected chi connectivity index (χ4v) is 1.15. The quantitative estimate of drug-likeness (QED) is 0.807. The third-order valence-corrected chi connectivity index (χ3v) is 2.07. The molecule has 78 valence electrons. The number of carbonyl (C=O) groups is 1. The molecule has 1 rings (SSSR count). The number of nitrogens with one attached hydrogen (secondary N) is 1. The summed E-state index contributed by atoms with van der Waals surface area (Å²) in [6.07, 6.45) is 0. The second kappa shape index (κ2) is 6.12. The Morgan fingerprint density at radius 3 is 2.71 bits per heavy atom. The van der Waals surface area contributed by atoms with Gasteiger partial charge in [0, 0.05) is 10.7 Å². The number of carbonyl (C=O) groups excluding carboxylic acids is 1. The maximum atomic E-state index is 11.0. The first-order valence-electron chi connectivity index (χ1n) is 3.75. The minimum absolute atomic E-state index is 0. The van der Waals surface area contributed by atoms with E-state index < -0.39 is 0 Å². The SMILES string of the molecule is Cc1ccc(Cl)cc1NC(=O)CCl.Cl. The van der Waals surface area contributed by atoms with Crippen LogP contribution in [0.3, 0.4) is 0 Å². The molecule has 0 aliphatic carbocycles. The van der Waals surface area contributed by atoms with Gasteiger partial charge < -0.3 is 5.32 Å². The van der Waals surface area contributed by atoms with Crippen molar-refractivity contribution < 1.29 is 4.79 Å². The minimum atomic E-state index is -0.230. The fraction of sp³-hybridized carbons (Fsp3) is 0.222. The maximum Gasteiger partial charge on any atom is 0.239 e. The van der Waals surface area contributed by atoms with Crippen LogP contribution in [0.25, 0.3) is 0 Å². The second-order valence-electron chi connectivity index (χ2n) is 2.64. The Morgan fingerprint density at radius 2 is 2.14 bits per heavy atom. The van der Waals surface area contributed by atoms with E-state index in [2.05, 4.69) is 5.32 Å². The van der Waals surface area contributed by atoms with Crippen molar-refractivity contribution in [2.24, 2.45) is 0 Å². The summed E-state index contributed by atoms with van der Waals surface area (Å²) in [5.74, 6) is -0.279. The van der Waals surface area contributed by atoms with E-state index in [1.54, 1.807) is 12.1 Å². The Balaban J connectivity index is 0.00000169. The van der Waals surface area contributed by atoms with Gasteiger partial charge in [0.05, 0.1) is 0 Å². The molecule has 1 aromatic rings. The van der Waals surface area contributed by atoms with Crippen LogP contribution in [0.15, 0.2) is 18.2 Å². The largest absolute Gasteiger partial charge is 0.325 e. The van der Waals surface area contributed by atoms with E-state index in [9.17, 15) is 4.79 Å². The first-order valence-corrected chi connectivity index (χ1v) is 4.66. The minimum Gasteiger partial charge on any atom is -0.325 e. The molecule has 1 amide bonds. The lowest BCUT2D eigenvalue weighted by Gasteiger charge is -2.06. The third kappa shape index (κ3) is 3.74. The number of halogens is 3. The highest BCUT2D eigenvalue weighted by Crippen LogP contribution is 2.19. The molecular formula is C9H10Cl3NO. The normalized spacial score (nSPS) is 9.07. The van der Waals surface area contributed by atoms with Crippen LogP contribution >= 0.6 is 35.6 Å². The average molecular weight is 255 g/mol. The lowest BCUT2D eigenvalue weighted by Crippen LogP contribution is -2.13. The molecule has 0 radical (unpaired) electrons. The summed E-state index contributed by atoms with van der Waals surface area (Å²) in [7, 11) is 0. The molecule has 0 aromatic heterocycles. The highest BCUT2D eigenvalue weighted by Gasteiger charge is 2.03. The molecule has 0 heterocycles. The van der Waals surface area contributed by atoms with Gasteiger partial charge in [-0.2, -0.15) is 0 Å². The molecule has 0 saturated carbocycles. The van der Waals surface area contributed by atoms with E-state index in [0.717, 1.165) is 5.56 Å². The van der Waals surface area contributed by atoms with Crippen LogP contribution in [-0.4, -0.2) is 11.8 Å². The summed E-state index contributed by atoms with van der Waals surface area (Å²) in [5.41, 5.74) is 1.67. The molecule has 0 unspecified atom stereocenters. The summed E-state index contributed by atoms with van der Waals surface area (Å²) in [4.78, 5) is 11.0. The average Bonchev–Trinajstić information content (AvgIpc) is 2.11. The van der Waals surface area contributed by atoms with Crippen LogP contribution in [0.1, 0.15) is 5.56 Å². The summed E-state index contributed by atoms with van der Waals surface area (Å²) in [6, 6.07) is 5.31. The molecule has 0 aliphatic rings. The number of alkyl halides is 1. The van der Waals surface area contributed by atoms with Crippen LogP contribution in [-0.2, 0) is 4.79 Å². The molecule has 14 heavy (non-hydrogen) atoms. The molecule has 0 spiro atoms. The van der Waals surface area contributed by atoms with E-state index in [4.69, 9.17) is 23.2 Å². The maximum absolute atomic E-state index is 11.0. The van der Waals surface area contributed by atoms with Crippen molar-refractivity contribution in [3.63, 3.8) is 0 Å². The van der Waals surface area contributed by atoms with Crippen molar-refractivity contribution in [1.29, 1.82) is 0 Å². The number of anilines is 1. The van der Waals surface area contributed by atoms with E-state index in [1.807, 2.05) is 13.0 Å². The number of rotatable bonds is 2. The summed E-state index contributed by atoms with van der Waals surface area (Å²) >= 11 is 11.1. The van der Waals surface area contributed by atoms with E-state index in [1.165, 1.54) is 0 Å².